The molecular weight excluding hydrogens is 238 g/mol. The highest BCUT2D eigenvalue weighted by molar-refractivity contribution is 6.60. The van der Waals surface area contributed by atoms with Gasteiger partial charge in [-0.3, -0.25) is 0 Å². The van der Waals surface area contributed by atoms with Gasteiger partial charge >= 0.3 is 8.80 Å². The molecule has 0 rings (SSSR count). The second-order valence-electron chi connectivity index (χ2n) is 3.98. The maximum atomic E-state index is 5.60. The maximum Gasteiger partial charge on any atom is 0.500 e. The van der Waals surface area contributed by atoms with E-state index in [1.165, 1.54) is 0 Å². The van der Waals surface area contributed by atoms with Gasteiger partial charge in [0.2, 0.25) is 0 Å². The summed E-state index contributed by atoms with van der Waals surface area (Å²) in [4.78, 5) is 0. The summed E-state index contributed by atoms with van der Waals surface area (Å²) in [5.74, 6) is 0.462. The average molecular weight is 265 g/mol. The Kier molecular flexibility index (Phi) is 10.00. The van der Waals surface area contributed by atoms with Crippen LogP contribution in [-0.2, 0) is 18.0 Å². The molecule has 0 saturated carbocycles. The van der Waals surface area contributed by atoms with Crippen molar-refractivity contribution < 1.29 is 18.0 Å². The highest BCUT2D eigenvalue weighted by atomic mass is 28.4. The van der Waals surface area contributed by atoms with Crippen LogP contribution in [0.25, 0.3) is 0 Å². The van der Waals surface area contributed by atoms with E-state index in [4.69, 9.17) is 23.7 Å². The lowest BCUT2D eigenvalue weighted by atomic mass is 10.1. The zero-order valence-electron chi connectivity index (χ0n) is 11.5. The number of ether oxygens (including phenoxy) is 1. The molecule has 0 radical (unpaired) electrons. The summed E-state index contributed by atoms with van der Waals surface area (Å²) in [6, 6.07) is 0.774. The summed E-state index contributed by atoms with van der Waals surface area (Å²) in [6.07, 6.45) is 1.94. The average Bonchev–Trinajstić information content (AvgIpc) is 2.39. The SMILES string of the molecule is CCC(CN)COCCC[Si](OC)(OC)OC. The summed E-state index contributed by atoms with van der Waals surface area (Å²) < 4.78 is 21.6. The van der Waals surface area contributed by atoms with Crippen LogP contribution in [0.2, 0.25) is 6.04 Å². The third-order valence-electron chi connectivity index (χ3n) is 2.97. The zero-order valence-corrected chi connectivity index (χ0v) is 12.5. The van der Waals surface area contributed by atoms with Crippen LogP contribution < -0.4 is 5.73 Å². The first kappa shape index (κ1) is 17.0. The molecule has 104 valence electrons. The van der Waals surface area contributed by atoms with Crippen LogP contribution in [0, 0.1) is 5.92 Å². The van der Waals surface area contributed by atoms with Crippen molar-refractivity contribution in [3.63, 3.8) is 0 Å². The van der Waals surface area contributed by atoms with Crippen LogP contribution in [0.15, 0.2) is 0 Å². The Bertz CT molecular complexity index is 167. The molecule has 6 heteroatoms. The lowest BCUT2D eigenvalue weighted by molar-refractivity contribution is 0.0897. The molecule has 1 atom stereocenters. The van der Waals surface area contributed by atoms with Crippen LogP contribution in [0.1, 0.15) is 19.8 Å². The predicted molar refractivity (Wildman–Crippen MR) is 69.9 cm³/mol. The van der Waals surface area contributed by atoms with Crippen LogP contribution in [0.3, 0.4) is 0 Å². The number of hydrogen-bond donors (Lipinski definition) is 1. The van der Waals surface area contributed by atoms with Crippen molar-refractivity contribution in [2.24, 2.45) is 11.7 Å². The van der Waals surface area contributed by atoms with Crippen molar-refractivity contribution in [2.45, 2.75) is 25.8 Å². The molecule has 0 saturated heterocycles. The maximum absolute atomic E-state index is 5.60. The first-order valence-corrected chi connectivity index (χ1v) is 8.04. The predicted octanol–water partition coefficient (Wildman–Crippen LogP) is 1.26. The van der Waals surface area contributed by atoms with E-state index in [0.29, 0.717) is 19.1 Å². The van der Waals surface area contributed by atoms with Gasteiger partial charge in [-0.2, -0.15) is 0 Å². The van der Waals surface area contributed by atoms with E-state index < -0.39 is 8.80 Å². The van der Waals surface area contributed by atoms with Crippen molar-refractivity contribution in [1.82, 2.24) is 0 Å². The van der Waals surface area contributed by atoms with Gasteiger partial charge in [-0.1, -0.05) is 6.92 Å². The van der Waals surface area contributed by atoms with Gasteiger partial charge in [0.05, 0.1) is 6.61 Å². The summed E-state index contributed by atoms with van der Waals surface area (Å²) in [7, 11) is 2.46. The molecule has 0 bridgehead atoms. The van der Waals surface area contributed by atoms with Crippen molar-refractivity contribution in [1.29, 1.82) is 0 Å². The summed E-state index contributed by atoms with van der Waals surface area (Å²) >= 11 is 0. The van der Waals surface area contributed by atoms with Crippen molar-refractivity contribution in [2.75, 3.05) is 41.1 Å². The lowest BCUT2D eigenvalue weighted by Crippen LogP contribution is -2.42. The smallest absolute Gasteiger partial charge is 0.381 e. The standard InChI is InChI=1S/C11H27NO4Si/c1-5-11(9-12)10-16-7-6-8-17(13-2,14-3)15-4/h11H,5-10,12H2,1-4H3. The van der Waals surface area contributed by atoms with Crippen molar-refractivity contribution in [3.05, 3.63) is 0 Å². The number of hydrogen-bond acceptors (Lipinski definition) is 5. The van der Waals surface area contributed by atoms with E-state index in [1.54, 1.807) is 21.3 Å². The monoisotopic (exact) mass is 265 g/mol. The normalized spacial score (nSPS) is 13.9. The van der Waals surface area contributed by atoms with E-state index in [1.807, 2.05) is 0 Å². The first-order valence-electron chi connectivity index (χ1n) is 6.11. The molecular formula is C11H27NO4Si. The molecule has 0 aliphatic heterocycles. The largest absolute Gasteiger partial charge is 0.500 e. The van der Waals surface area contributed by atoms with Gasteiger partial charge in [0.25, 0.3) is 0 Å². The Labute approximate surface area is 106 Å². The minimum absolute atomic E-state index is 0.462. The lowest BCUT2D eigenvalue weighted by Gasteiger charge is -2.24. The van der Waals surface area contributed by atoms with Gasteiger partial charge in [0, 0.05) is 34.0 Å². The topological polar surface area (TPSA) is 62.9 Å². The zero-order chi connectivity index (χ0) is 13.1. The van der Waals surface area contributed by atoms with Crippen LogP contribution >= 0.6 is 0 Å². The molecule has 1 unspecified atom stereocenters. The summed E-state index contributed by atoms with van der Waals surface area (Å²) in [5.41, 5.74) is 5.60. The van der Waals surface area contributed by atoms with Crippen molar-refractivity contribution >= 4 is 8.80 Å². The van der Waals surface area contributed by atoms with E-state index in [0.717, 1.165) is 25.5 Å². The molecule has 0 aliphatic rings. The Morgan fingerprint density at radius 3 is 2.12 bits per heavy atom. The van der Waals surface area contributed by atoms with Gasteiger partial charge < -0.3 is 23.7 Å². The highest BCUT2D eigenvalue weighted by Crippen LogP contribution is 2.15. The van der Waals surface area contributed by atoms with Gasteiger partial charge in [0.1, 0.15) is 0 Å². The van der Waals surface area contributed by atoms with Crippen LogP contribution in [0.4, 0.5) is 0 Å². The molecule has 0 aromatic carbocycles. The Morgan fingerprint density at radius 2 is 1.71 bits per heavy atom. The molecule has 17 heavy (non-hydrogen) atoms. The molecule has 0 amide bonds. The fourth-order valence-corrected chi connectivity index (χ4v) is 3.24. The summed E-state index contributed by atoms with van der Waals surface area (Å²) in [5, 5.41) is 0. The molecule has 0 aromatic rings. The molecule has 0 spiro atoms. The third-order valence-corrected chi connectivity index (χ3v) is 5.80. The van der Waals surface area contributed by atoms with E-state index >= 15 is 0 Å². The first-order chi connectivity index (χ1) is 8.17. The van der Waals surface area contributed by atoms with E-state index in [2.05, 4.69) is 6.92 Å². The Balaban J connectivity index is 3.68. The molecule has 0 fully saturated rings. The van der Waals surface area contributed by atoms with E-state index in [-0.39, 0.29) is 0 Å². The second kappa shape index (κ2) is 9.99. The third kappa shape index (κ3) is 6.49. The Morgan fingerprint density at radius 1 is 1.12 bits per heavy atom. The second-order valence-corrected chi connectivity index (χ2v) is 7.07. The summed E-state index contributed by atoms with van der Waals surface area (Å²) in [6.45, 7) is 4.23. The van der Waals surface area contributed by atoms with Gasteiger partial charge in [-0.25, -0.2) is 0 Å². The molecule has 0 aromatic heterocycles. The molecule has 0 heterocycles. The van der Waals surface area contributed by atoms with E-state index in [9.17, 15) is 0 Å². The molecule has 5 nitrogen and oxygen atoms in total. The quantitative estimate of drug-likeness (QED) is 0.450. The molecule has 2 N–H and O–H groups in total. The minimum atomic E-state index is -2.42. The highest BCUT2D eigenvalue weighted by Gasteiger charge is 2.36. The van der Waals surface area contributed by atoms with Crippen molar-refractivity contribution in [3.8, 4) is 0 Å². The van der Waals surface area contributed by atoms with Gasteiger partial charge in [-0.05, 0) is 25.3 Å². The molecule has 0 aliphatic carbocycles. The fraction of sp³-hybridized carbons (Fsp3) is 1.00. The fourth-order valence-electron chi connectivity index (χ4n) is 1.55. The van der Waals surface area contributed by atoms with Gasteiger partial charge in [0.15, 0.2) is 0 Å². The Hall–Kier alpha value is 0.0169. The van der Waals surface area contributed by atoms with Crippen LogP contribution in [0.5, 0.6) is 0 Å². The minimum Gasteiger partial charge on any atom is -0.381 e. The van der Waals surface area contributed by atoms with Gasteiger partial charge in [-0.15, -0.1) is 0 Å². The van der Waals surface area contributed by atoms with Crippen LogP contribution in [-0.4, -0.2) is 49.9 Å². The number of nitrogens with two attached hydrogens (primary N) is 1. The number of rotatable bonds is 11.